The van der Waals surface area contributed by atoms with E-state index in [1.165, 1.54) is 31.4 Å². The smallest absolute Gasteiger partial charge is 0.240 e. The standard InChI is InChI=1S/C14H19FN2O2S/c15-13-7-12(3-4-14(13)16)20(18,19)17-8-11-6-9-1-2-10(11)5-9/h3-4,7,9-11,17H,1-2,5-6,8,16H2. The SMILES string of the molecule is Nc1ccc(S(=O)(=O)NCC2CC3CCC2C3)cc1F. The van der Waals surface area contributed by atoms with Crippen LogP contribution in [0.2, 0.25) is 0 Å². The number of halogens is 1. The first kappa shape index (κ1) is 13.8. The molecular formula is C14H19FN2O2S. The number of nitrogens with two attached hydrogens (primary N) is 1. The van der Waals surface area contributed by atoms with Gasteiger partial charge >= 0.3 is 0 Å². The molecule has 0 amide bonds. The third-order valence-corrected chi connectivity index (χ3v) is 6.12. The van der Waals surface area contributed by atoms with Gasteiger partial charge in [0.15, 0.2) is 0 Å². The Hall–Kier alpha value is -1.14. The average molecular weight is 298 g/mol. The molecular weight excluding hydrogens is 279 g/mol. The third kappa shape index (κ3) is 2.54. The number of benzene rings is 1. The lowest BCUT2D eigenvalue weighted by Crippen LogP contribution is -2.31. The lowest BCUT2D eigenvalue weighted by atomic mass is 9.89. The van der Waals surface area contributed by atoms with E-state index in [1.807, 2.05) is 0 Å². The fraction of sp³-hybridized carbons (Fsp3) is 0.571. The lowest BCUT2D eigenvalue weighted by Gasteiger charge is -2.21. The minimum atomic E-state index is -3.65. The van der Waals surface area contributed by atoms with Crippen LogP contribution in [0.1, 0.15) is 25.7 Å². The minimum Gasteiger partial charge on any atom is -0.396 e. The number of sulfonamides is 1. The van der Waals surface area contributed by atoms with Gasteiger partial charge in [0.25, 0.3) is 0 Å². The maximum absolute atomic E-state index is 13.4. The number of rotatable bonds is 4. The molecule has 0 heterocycles. The molecule has 6 heteroatoms. The molecule has 0 aliphatic heterocycles. The summed E-state index contributed by atoms with van der Waals surface area (Å²) >= 11 is 0. The zero-order valence-electron chi connectivity index (χ0n) is 11.2. The molecule has 0 spiro atoms. The van der Waals surface area contributed by atoms with Crippen LogP contribution in [0, 0.1) is 23.6 Å². The van der Waals surface area contributed by atoms with E-state index in [9.17, 15) is 12.8 Å². The van der Waals surface area contributed by atoms with E-state index in [0.29, 0.717) is 18.4 Å². The molecule has 2 fully saturated rings. The average Bonchev–Trinajstić information content (AvgIpc) is 3.02. The van der Waals surface area contributed by atoms with Crippen LogP contribution in [0.25, 0.3) is 0 Å². The molecule has 2 bridgehead atoms. The molecule has 2 aliphatic carbocycles. The van der Waals surface area contributed by atoms with E-state index in [4.69, 9.17) is 5.73 Å². The Bertz CT molecular complexity index is 618. The zero-order chi connectivity index (χ0) is 14.3. The summed E-state index contributed by atoms with van der Waals surface area (Å²) in [4.78, 5) is -0.0626. The Morgan fingerprint density at radius 3 is 2.70 bits per heavy atom. The number of anilines is 1. The Balaban J connectivity index is 1.68. The molecule has 0 aromatic heterocycles. The van der Waals surface area contributed by atoms with Crippen LogP contribution in [-0.2, 0) is 10.0 Å². The summed E-state index contributed by atoms with van der Waals surface area (Å²) in [6.45, 7) is 0.454. The topological polar surface area (TPSA) is 72.2 Å². The Kier molecular flexibility index (Phi) is 3.46. The highest BCUT2D eigenvalue weighted by Gasteiger charge is 2.39. The summed E-state index contributed by atoms with van der Waals surface area (Å²) in [5, 5.41) is 0. The van der Waals surface area contributed by atoms with Crippen molar-refractivity contribution >= 4 is 15.7 Å². The van der Waals surface area contributed by atoms with Crippen LogP contribution in [0.15, 0.2) is 23.1 Å². The molecule has 3 rings (SSSR count). The van der Waals surface area contributed by atoms with Gasteiger partial charge in [-0.1, -0.05) is 6.42 Å². The second kappa shape index (κ2) is 5.00. The van der Waals surface area contributed by atoms with Crippen LogP contribution in [0.3, 0.4) is 0 Å². The van der Waals surface area contributed by atoms with Crippen LogP contribution in [0.4, 0.5) is 10.1 Å². The monoisotopic (exact) mass is 298 g/mol. The molecule has 2 saturated carbocycles. The lowest BCUT2D eigenvalue weighted by molar-refractivity contribution is 0.333. The summed E-state index contributed by atoms with van der Waals surface area (Å²) in [7, 11) is -3.65. The van der Waals surface area contributed by atoms with E-state index >= 15 is 0 Å². The molecule has 3 N–H and O–H groups in total. The molecule has 3 unspecified atom stereocenters. The van der Waals surface area contributed by atoms with Gasteiger partial charge in [-0.3, -0.25) is 0 Å². The number of nitrogen functional groups attached to an aromatic ring is 1. The van der Waals surface area contributed by atoms with Crippen LogP contribution in [0.5, 0.6) is 0 Å². The zero-order valence-corrected chi connectivity index (χ0v) is 12.0. The fourth-order valence-corrected chi connectivity index (χ4v) is 4.71. The predicted octanol–water partition coefficient (Wildman–Crippen LogP) is 2.12. The van der Waals surface area contributed by atoms with Gasteiger partial charge in [-0.05, 0) is 55.2 Å². The van der Waals surface area contributed by atoms with Crippen molar-refractivity contribution in [2.75, 3.05) is 12.3 Å². The largest absolute Gasteiger partial charge is 0.396 e. The molecule has 0 radical (unpaired) electrons. The van der Waals surface area contributed by atoms with Crippen molar-refractivity contribution in [3.05, 3.63) is 24.0 Å². The maximum Gasteiger partial charge on any atom is 0.240 e. The van der Waals surface area contributed by atoms with E-state index in [1.54, 1.807) is 0 Å². The quantitative estimate of drug-likeness (QED) is 0.836. The van der Waals surface area contributed by atoms with Crippen molar-refractivity contribution in [3.63, 3.8) is 0 Å². The third-order valence-electron chi connectivity index (χ3n) is 4.70. The van der Waals surface area contributed by atoms with Crippen molar-refractivity contribution in [2.45, 2.75) is 30.6 Å². The van der Waals surface area contributed by atoms with Gasteiger partial charge in [0, 0.05) is 6.54 Å². The minimum absolute atomic E-state index is 0.0444. The Labute approximate surface area is 118 Å². The maximum atomic E-state index is 13.4. The second-order valence-corrected chi connectivity index (χ2v) is 7.74. The normalized spacial score (nSPS) is 28.9. The van der Waals surface area contributed by atoms with E-state index in [2.05, 4.69) is 4.72 Å². The van der Waals surface area contributed by atoms with Gasteiger partial charge in [0.1, 0.15) is 5.82 Å². The van der Waals surface area contributed by atoms with Crippen LogP contribution < -0.4 is 10.5 Å². The van der Waals surface area contributed by atoms with Crippen molar-refractivity contribution in [2.24, 2.45) is 17.8 Å². The Morgan fingerprint density at radius 1 is 1.30 bits per heavy atom. The summed E-state index contributed by atoms with van der Waals surface area (Å²) in [5.74, 6) is 1.17. The number of nitrogens with one attached hydrogen (secondary N) is 1. The Morgan fingerprint density at radius 2 is 2.10 bits per heavy atom. The highest BCUT2D eigenvalue weighted by molar-refractivity contribution is 7.89. The van der Waals surface area contributed by atoms with Gasteiger partial charge in [0.05, 0.1) is 10.6 Å². The fourth-order valence-electron chi connectivity index (χ4n) is 3.60. The van der Waals surface area contributed by atoms with Crippen LogP contribution in [-0.4, -0.2) is 15.0 Å². The van der Waals surface area contributed by atoms with Gasteiger partial charge in [-0.2, -0.15) is 0 Å². The first-order valence-corrected chi connectivity index (χ1v) is 8.49. The van der Waals surface area contributed by atoms with Gasteiger partial charge in [-0.15, -0.1) is 0 Å². The summed E-state index contributed by atoms with van der Waals surface area (Å²) in [5.41, 5.74) is 5.31. The van der Waals surface area contributed by atoms with Gasteiger partial charge in [0.2, 0.25) is 10.0 Å². The number of hydrogen-bond donors (Lipinski definition) is 2. The summed E-state index contributed by atoms with van der Waals surface area (Å²) in [6.07, 6.45) is 4.86. The second-order valence-electron chi connectivity index (χ2n) is 5.97. The summed E-state index contributed by atoms with van der Waals surface area (Å²) < 4.78 is 40.2. The molecule has 110 valence electrons. The van der Waals surface area contributed by atoms with E-state index in [-0.39, 0.29) is 10.6 Å². The highest BCUT2D eigenvalue weighted by Crippen LogP contribution is 2.48. The summed E-state index contributed by atoms with van der Waals surface area (Å²) in [6, 6.07) is 3.58. The molecule has 2 aliphatic rings. The number of fused-ring (bicyclic) bond motifs is 2. The molecule has 4 nitrogen and oxygen atoms in total. The molecule has 0 saturated heterocycles. The van der Waals surface area contributed by atoms with Gasteiger partial charge < -0.3 is 5.73 Å². The first-order valence-electron chi connectivity index (χ1n) is 7.00. The van der Waals surface area contributed by atoms with Crippen molar-refractivity contribution < 1.29 is 12.8 Å². The predicted molar refractivity (Wildman–Crippen MR) is 74.9 cm³/mol. The highest BCUT2D eigenvalue weighted by atomic mass is 32.2. The van der Waals surface area contributed by atoms with Crippen molar-refractivity contribution in [1.29, 1.82) is 0 Å². The van der Waals surface area contributed by atoms with Crippen LogP contribution >= 0.6 is 0 Å². The molecule has 1 aromatic carbocycles. The van der Waals surface area contributed by atoms with Crippen molar-refractivity contribution in [1.82, 2.24) is 4.72 Å². The van der Waals surface area contributed by atoms with E-state index < -0.39 is 15.8 Å². The number of hydrogen-bond acceptors (Lipinski definition) is 3. The van der Waals surface area contributed by atoms with E-state index in [0.717, 1.165) is 18.4 Å². The first-order chi connectivity index (χ1) is 9.45. The molecule has 3 atom stereocenters. The molecule has 20 heavy (non-hydrogen) atoms. The van der Waals surface area contributed by atoms with Crippen molar-refractivity contribution in [3.8, 4) is 0 Å². The molecule has 1 aromatic rings. The van der Waals surface area contributed by atoms with Gasteiger partial charge in [-0.25, -0.2) is 17.5 Å².